The summed E-state index contributed by atoms with van der Waals surface area (Å²) >= 11 is 3.81. The van der Waals surface area contributed by atoms with E-state index in [1.54, 1.807) is 0 Å². The lowest BCUT2D eigenvalue weighted by molar-refractivity contribution is -0.174. The fourth-order valence-electron chi connectivity index (χ4n) is 6.70. The molecule has 0 aromatic rings. The number of rotatable bonds is 1. The van der Waals surface area contributed by atoms with E-state index in [1.165, 1.54) is 43.9 Å². The average Bonchev–Trinajstić information content (AvgIpc) is 1.94. The van der Waals surface area contributed by atoms with Crippen LogP contribution in [0.2, 0.25) is 0 Å². The Labute approximate surface area is 102 Å². The van der Waals surface area contributed by atoms with Crippen molar-refractivity contribution in [2.24, 2.45) is 21.7 Å². The Morgan fingerprint density at radius 3 is 1.33 bits per heavy atom. The Kier molecular flexibility index (Phi) is 1.88. The van der Waals surface area contributed by atoms with Crippen LogP contribution in [0.25, 0.3) is 0 Å². The first-order valence-corrected chi connectivity index (χ1v) is 7.48. The van der Waals surface area contributed by atoms with Crippen molar-refractivity contribution in [1.29, 1.82) is 0 Å². The lowest BCUT2D eigenvalue weighted by Gasteiger charge is -2.69. The maximum atomic E-state index is 3.81. The Morgan fingerprint density at radius 2 is 1.07 bits per heavy atom. The minimum absolute atomic E-state index is 0.646. The minimum atomic E-state index is 0.646. The molecular weight excluding hydrogens is 248 g/mol. The Morgan fingerprint density at radius 1 is 0.733 bits per heavy atom. The molecule has 0 atom stereocenters. The quantitative estimate of drug-likeness (QED) is 0.603. The first kappa shape index (κ1) is 10.6. The highest BCUT2D eigenvalue weighted by molar-refractivity contribution is 9.09. The van der Waals surface area contributed by atoms with Crippen LogP contribution in [0.3, 0.4) is 0 Å². The summed E-state index contributed by atoms with van der Waals surface area (Å²) in [4.78, 5) is 0. The number of hydrogen-bond donors (Lipinski definition) is 0. The van der Waals surface area contributed by atoms with Crippen molar-refractivity contribution in [1.82, 2.24) is 0 Å². The molecule has 4 saturated carbocycles. The molecule has 4 aliphatic rings. The summed E-state index contributed by atoms with van der Waals surface area (Å²) < 4.78 is 0. The molecule has 0 aromatic heterocycles. The molecule has 0 amide bonds. The predicted molar refractivity (Wildman–Crippen MR) is 68.3 cm³/mol. The molecule has 4 fully saturated rings. The molecule has 0 unspecified atom stereocenters. The van der Waals surface area contributed by atoms with Gasteiger partial charge in [-0.2, -0.15) is 0 Å². The van der Waals surface area contributed by atoms with Crippen molar-refractivity contribution in [3.05, 3.63) is 0 Å². The van der Waals surface area contributed by atoms with Gasteiger partial charge in [0.2, 0.25) is 0 Å². The molecule has 0 N–H and O–H groups in total. The average molecular weight is 271 g/mol. The van der Waals surface area contributed by atoms with Gasteiger partial charge in [0.25, 0.3) is 0 Å². The highest BCUT2D eigenvalue weighted by atomic mass is 79.9. The number of halogens is 1. The van der Waals surface area contributed by atoms with E-state index in [2.05, 4.69) is 36.7 Å². The van der Waals surface area contributed by atoms with Crippen molar-refractivity contribution in [3.8, 4) is 0 Å². The van der Waals surface area contributed by atoms with E-state index in [-0.39, 0.29) is 0 Å². The van der Waals surface area contributed by atoms with Crippen LogP contribution in [0.1, 0.15) is 59.3 Å². The monoisotopic (exact) mass is 270 g/mol. The highest BCUT2D eigenvalue weighted by Gasteiger charge is 2.63. The van der Waals surface area contributed by atoms with E-state index in [1.807, 2.05) is 0 Å². The second-order valence-corrected chi connectivity index (χ2v) is 8.69. The van der Waals surface area contributed by atoms with Gasteiger partial charge in [0.05, 0.1) is 0 Å². The van der Waals surface area contributed by atoms with Gasteiger partial charge in [-0.05, 0) is 60.2 Å². The summed E-state index contributed by atoms with van der Waals surface area (Å²) in [6.45, 7) is 7.66. The van der Waals surface area contributed by atoms with E-state index in [0.29, 0.717) is 21.7 Å². The van der Waals surface area contributed by atoms with E-state index in [4.69, 9.17) is 0 Å². The van der Waals surface area contributed by atoms with E-state index in [9.17, 15) is 0 Å². The van der Waals surface area contributed by atoms with Crippen LogP contribution in [0.4, 0.5) is 0 Å². The third-order valence-electron chi connectivity index (χ3n) is 5.25. The standard InChI is InChI=1S/C14H23Br/c1-11-4-12(2)6-13(3,5-11)9-14(7-11,8-12)10-15/h4-10H2,1-3H3. The van der Waals surface area contributed by atoms with Crippen LogP contribution >= 0.6 is 15.9 Å². The molecule has 4 rings (SSSR count). The maximum Gasteiger partial charge on any atom is 0.00885 e. The van der Waals surface area contributed by atoms with Crippen LogP contribution in [-0.4, -0.2) is 5.33 Å². The highest BCUT2D eigenvalue weighted by Crippen LogP contribution is 2.73. The molecule has 1 heteroatoms. The summed E-state index contributed by atoms with van der Waals surface area (Å²) in [7, 11) is 0. The molecule has 4 bridgehead atoms. The molecule has 0 saturated heterocycles. The summed E-state index contributed by atoms with van der Waals surface area (Å²) in [5, 5.41) is 1.24. The molecule has 15 heavy (non-hydrogen) atoms. The topological polar surface area (TPSA) is 0 Å². The third-order valence-corrected chi connectivity index (χ3v) is 6.44. The smallest absolute Gasteiger partial charge is 0.00885 e. The summed E-state index contributed by atoms with van der Waals surface area (Å²) in [6, 6.07) is 0. The van der Waals surface area contributed by atoms with Gasteiger partial charge in [0.15, 0.2) is 0 Å². The zero-order chi connectivity index (χ0) is 10.9. The molecule has 4 aliphatic carbocycles. The third kappa shape index (κ3) is 1.45. The van der Waals surface area contributed by atoms with E-state index >= 15 is 0 Å². The van der Waals surface area contributed by atoms with Gasteiger partial charge in [0.1, 0.15) is 0 Å². The summed E-state index contributed by atoms with van der Waals surface area (Å²) in [5.41, 5.74) is 2.62. The molecule has 0 aromatic carbocycles. The molecule has 0 nitrogen and oxygen atoms in total. The molecule has 86 valence electrons. The molecule has 0 heterocycles. The van der Waals surface area contributed by atoms with Crippen molar-refractivity contribution >= 4 is 15.9 Å². The van der Waals surface area contributed by atoms with Gasteiger partial charge in [-0.1, -0.05) is 36.7 Å². The fraction of sp³-hybridized carbons (Fsp3) is 1.00. The van der Waals surface area contributed by atoms with Gasteiger partial charge in [0, 0.05) is 5.33 Å². The predicted octanol–water partition coefficient (Wildman–Crippen LogP) is 4.77. The van der Waals surface area contributed by atoms with Gasteiger partial charge in [-0.3, -0.25) is 0 Å². The van der Waals surface area contributed by atoms with Gasteiger partial charge in [-0.25, -0.2) is 0 Å². The molecule has 0 aliphatic heterocycles. The van der Waals surface area contributed by atoms with Crippen LogP contribution < -0.4 is 0 Å². The SMILES string of the molecule is CC12CC3(C)CC(C)(C1)CC(CBr)(C2)C3. The van der Waals surface area contributed by atoms with Gasteiger partial charge in [-0.15, -0.1) is 0 Å². The van der Waals surface area contributed by atoms with Crippen molar-refractivity contribution in [3.63, 3.8) is 0 Å². The summed E-state index contributed by atoms with van der Waals surface area (Å²) in [6.07, 6.45) is 8.92. The van der Waals surface area contributed by atoms with Gasteiger partial charge >= 0.3 is 0 Å². The van der Waals surface area contributed by atoms with Crippen molar-refractivity contribution in [2.75, 3.05) is 5.33 Å². The van der Waals surface area contributed by atoms with Crippen LogP contribution in [-0.2, 0) is 0 Å². The molecule has 0 radical (unpaired) electrons. The first-order valence-electron chi connectivity index (χ1n) is 6.36. The first-order chi connectivity index (χ1) is 6.80. The second kappa shape index (κ2) is 2.66. The second-order valence-electron chi connectivity index (χ2n) is 8.13. The van der Waals surface area contributed by atoms with Crippen molar-refractivity contribution in [2.45, 2.75) is 59.3 Å². The lowest BCUT2D eigenvalue weighted by Crippen LogP contribution is -2.59. The number of alkyl halides is 1. The molecular formula is C14H23Br. The Hall–Kier alpha value is 0.480. The zero-order valence-corrected chi connectivity index (χ0v) is 11.9. The van der Waals surface area contributed by atoms with Crippen LogP contribution in [0.15, 0.2) is 0 Å². The van der Waals surface area contributed by atoms with Crippen LogP contribution in [0, 0.1) is 21.7 Å². The fourth-order valence-corrected chi connectivity index (χ4v) is 7.29. The lowest BCUT2D eigenvalue weighted by atomic mass is 9.37. The number of hydrogen-bond acceptors (Lipinski definition) is 0. The zero-order valence-electron chi connectivity index (χ0n) is 10.3. The minimum Gasteiger partial charge on any atom is -0.0922 e. The van der Waals surface area contributed by atoms with Gasteiger partial charge < -0.3 is 0 Å². The Balaban J connectivity index is 2.06. The van der Waals surface area contributed by atoms with Crippen LogP contribution in [0.5, 0.6) is 0 Å². The Bertz CT molecular complexity index is 253. The van der Waals surface area contributed by atoms with E-state index in [0.717, 1.165) is 0 Å². The normalized spacial score (nSPS) is 62.4. The van der Waals surface area contributed by atoms with Crippen molar-refractivity contribution < 1.29 is 0 Å². The maximum absolute atomic E-state index is 3.81. The summed E-state index contributed by atoms with van der Waals surface area (Å²) in [5.74, 6) is 0. The largest absolute Gasteiger partial charge is 0.0922 e. The van der Waals surface area contributed by atoms with E-state index < -0.39 is 0 Å². The molecule has 0 spiro atoms.